The predicted octanol–water partition coefficient (Wildman–Crippen LogP) is 2.78. The number of rotatable bonds is 7. The lowest BCUT2D eigenvalue weighted by Crippen LogP contribution is -2.33. The summed E-state index contributed by atoms with van der Waals surface area (Å²) in [5.74, 6) is -0.799. The fraction of sp³-hybridized carbons (Fsp3) is 0.429. The summed E-state index contributed by atoms with van der Waals surface area (Å²) < 4.78 is 0. The zero-order valence-corrected chi connectivity index (χ0v) is 12.0. The van der Waals surface area contributed by atoms with Gasteiger partial charge in [0.25, 0.3) is 0 Å². The molecule has 1 unspecified atom stereocenters. The van der Waals surface area contributed by atoms with E-state index in [2.05, 4.69) is 12.2 Å². The molecule has 0 saturated carbocycles. The van der Waals surface area contributed by atoms with Crippen LogP contribution in [0.4, 0.5) is 0 Å². The lowest BCUT2D eigenvalue weighted by Gasteiger charge is -2.12. The molecule has 0 saturated heterocycles. The van der Waals surface area contributed by atoms with Crippen molar-refractivity contribution in [3.05, 3.63) is 29.8 Å². The van der Waals surface area contributed by atoms with Crippen molar-refractivity contribution >= 4 is 23.6 Å². The summed E-state index contributed by atoms with van der Waals surface area (Å²) in [7, 11) is 0. The fourth-order valence-corrected chi connectivity index (χ4v) is 2.59. The molecular formula is C14H19NO3S. The van der Waals surface area contributed by atoms with Crippen LogP contribution in [0.5, 0.6) is 0 Å². The maximum absolute atomic E-state index is 11.7. The fourth-order valence-electron chi connectivity index (χ4n) is 1.73. The van der Waals surface area contributed by atoms with Crippen molar-refractivity contribution in [3.63, 3.8) is 0 Å². The maximum atomic E-state index is 11.7. The maximum Gasteiger partial charge on any atom is 0.336 e. The third kappa shape index (κ3) is 5.34. The number of hydrogen-bond donors (Lipinski definition) is 2. The van der Waals surface area contributed by atoms with Gasteiger partial charge in [-0.3, -0.25) is 4.79 Å². The second-order valence-corrected chi connectivity index (χ2v) is 5.36. The number of nitrogens with one attached hydrogen (secondary N) is 1. The molecule has 0 bridgehead atoms. The summed E-state index contributed by atoms with van der Waals surface area (Å²) >= 11 is 1.25. The predicted molar refractivity (Wildman–Crippen MR) is 76.6 cm³/mol. The van der Waals surface area contributed by atoms with Crippen LogP contribution >= 0.6 is 11.8 Å². The lowest BCUT2D eigenvalue weighted by molar-refractivity contribution is -0.119. The molecule has 0 aliphatic rings. The summed E-state index contributed by atoms with van der Waals surface area (Å²) in [4.78, 5) is 23.3. The number of carboxylic acid groups (broad SMARTS) is 1. The zero-order valence-electron chi connectivity index (χ0n) is 11.2. The number of benzene rings is 1. The highest BCUT2D eigenvalue weighted by atomic mass is 32.2. The Hall–Kier alpha value is -1.49. The molecule has 0 aliphatic heterocycles. The van der Waals surface area contributed by atoms with Crippen LogP contribution in [0.1, 0.15) is 37.0 Å². The van der Waals surface area contributed by atoms with Gasteiger partial charge in [-0.1, -0.05) is 25.5 Å². The van der Waals surface area contributed by atoms with E-state index in [0.717, 1.165) is 12.8 Å². The summed E-state index contributed by atoms with van der Waals surface area (Å²) in [6.07, 6.45) is 1.97. The Labute approximate surface area is 117 Å². The van der Waals surface area contributed by atoms with Crippen molar-refractivity contribution in [2.45, 2.75) is 37.6 Å². The van der Waals surface area contributed by atoms with E-state index < -0.39 is 5.97 Å². The largest absolute Gasteiger partial charge is 0.478 e. The van der Waals surface area contributed by atoms with E-state index in [1.807, 2.05) is 6.92 Å². The van der Waals surface area contributed by atoms with Crippen molar-refractivity contribution in [3.8, 4) is 0 Å². The SMILES string of the molecule is CCCC(C)NC(=O)CSc1ccccc1C(=O)O. The minimum atomic E-state index is -0.970. The molecule has 1 aromatic rings. The van der Waals surface area contributed by atoms with Crippen molar-refractivity contribution in [2.24, 2.45) is 0 Å². The second-order valence-electron chi connectivity index (χ2n) is 4.35. The monoisotopic (exact) mass is 281 g/mol. The standard InChI is InChI=1S/C14H19NO3S/c1-3-6-10(2)15-13(16)9-19-12-8-5-4-7-11(12)14(17)18/h4-5,7-8,10H,3,6,9H2,1-2H3,(H,15,16)(H,17,18). The summed E-state index contributed by atoms with van der Waals surface area (Å²) in [6, 6.07) is 6.87. The third-order valence-electron chi connectivity index (χ3n) is 2.61. The number of aromatic carboxylic acids is 1. The van der Waals surface area contributed by atoms with Crippen LogP contribution in [0.15, 0.2) is 29.2 Å². The van der Waals surface area contributed by atoms with E-state index in [4.69, 9.17) is 5.11 Å². The Kier molecular flexibility index (Phi) is 6.42. The quantitative estimate of drug-likeness (QED) is 0.754. The number of carbonyl (C=O) groups excluding carboxylic acids is 1. The smallest absolute Gasteiger partial charge is 0.336 e. The van der Waals surface area contributed by atoms with Gasteiger partial charge in [-0.25, -0.2) is 4.79 Å². The molecule has 0 fully saturated rings. The molecule has 1 aromatic carbocycles. The molecule has 0 radical (unpaired) electrons. The van der Waals surface area contributed by atoms with Crippen LogP contribution < -0.4 is 5.32 Å². The van der Waals surface area contributed by atoms with Crippen molar-refractivity contribution < 1.29 is 14.7 Å². The Morgan fingerprint density at radius 2 is 2.05 bits per heavy atom. The second kappa shape index (κ2) is 7.84. The van der Waals surface area contributed by atoms with E-state index >= 15 is 0 Å². The molecule has 0 aliphatic carbocycles. The number of carbonyl (C=O) groups is 2. The number of hydrogen-bond acceptors (Lipinski definition) is 3. The average Bonchev–Trinajstić information content (AvgIpc) is 2.36. The first-order valence-corrected chi connectivity index (χ1v) is 7.27. The normalized spacial score (nSPS) is 11.9. The molecule has 1 rings (SSSR count). The highest BCUT2D eigenvalue weighted by Crippen LogP contribution is 2.22. The van der Waals surface area contributed by atoms with Gasteiger partial charge >= 0.3 is 5.97 Å². The topological polar surface area (TPSA) is 66.4 Å². The summed E-state index contributed by atoms with van der Waals surface area (Å²) in [6.45, 7) is 4.04. The summed E-state index contributed by atoms with van der Waals surface area (Å²) in [5.41, 5.74) is 0.238. The van der Waals surface area contributed by atoms with E-state index in [-0.39, 0.29) is 23.3 Å². The van der Waals surface area contributed by atoms with Crippen molar-refractivity contribution in [2.75, 3.05) is 5.75 Å². The number of amides is 1. The van der Waals surface area contributed by atoms with E-state index in [0.29, 0.717) is 4.90 Å². The molecule has 19 heavy (non-hydrogen) atoms. The van der Waals surface area contributed by atoms with Gasteiger partial charge in [0, 0.05) is 10.9 Å². The first-order chi connectivity index (χ1) is 9.04. The van der Waals surface area contributed by atoms with Gasteiger partial charge in [-0.15, -0.1) is 11.8 Å². The molecular weight excluding hydrogens is 262 g/mol. The van der Waals surface area contributed by atoms with Gasteiger partial charge in [0.15, 0.2) is 0 Å². The van der Waals surface area contributed by atoms with Gasteiger partial charge in [0.05, 0.1) is 11.3 Å². The Balaban J connectivity index is 2.53. The van der Waals surface area contributed by atoms with Crippen LogP contribution in [0.2, 0.25) is 0 Å². The highest BCUT2D eigenvalue weighted by molar-refractivity contribution is 8.00. The molecule has 4 nitrogen and oxygen atoms in total. The van der Waals surface area contributed by atoms with E-state index in [9.17, 15) is 9.59 Å². The van der Waals surface area contributed by atoms with E-state index in [1.165, 1.54) is 11.8 Å². The van der Waals surface area contributed by atoms with Crippen LogP contribution in [0, 0.1) is 0 Å². The first kappa shape index (κ1) is 15.6. The van der Waals surface area contributed by atoms with E-state index in [1.54, 1.807) is 24.3 Å². The molecule has 0 aromatic heterocycles. The van der Waals surface area contributed by atoms with Gasteiger partial charge in [0.1, 0.15) is 0 Å². The highest BCUT2D eigenvalue weighted by Gasteiger charge is 2.12. The Bertz CT molecular complexity index is 448. The molecule has 1 atom stereocenters. The molecule has 2 N–H and O–H groups in total. The zero-order chi connectivity index (χ0) is 14.3. The van der Waals surface area contributed by atoms with Crippen LogP contribution in [-0.4, -0.2) is 28.8 Å². The van der Waals surface area contributed by atoms with Gasteiger partial charge in [-0.2, -0.15) is 0 Å². The van der Waals surface area contributed by atoms with Crippen molar-refractivity contribution in [1.29, 1.82) is 0 Å². The first-order valence-electron chi connectivity index (χ1n) is 6.29. The van der Waals surface area contributed by atoms with Crippen LogP contribution in [0.3, 0.4) is 0 Å². The Morgan fingerprint density at radius 1 is 1.37 bits per heavy atom. The minimum absolute atomic E-state index is 0.0638. The van der Waals surface area contributed by atoms with Gasteiger partial charge < -0.3 is 10.4 Å². The summed E-state index contributed by atoms with van der Waals surface area (Å²) in [5, 5.41) is 11.9. The van der Waals surface area contributed by atoms with Crippen LogP contribution in [0.25, 0.3) is 0 Å². The van der Waals surface area contributed by atoms with Crippen LogP contribution in [-0.2, 0) is 4.79 Å². The van der Waals surface area contributed by atoms with Crippen molar-refractivity contribution in [1.82, 2.24) is 5.32 Å². The molecule has 0 heterocycles. The number of carboxylic acids is 1. The Morgan fingerprint density at radius 3 is 2.68 bits per heavy atom. The third-order valence-corrected chi connectivity index (χ3v) is 3.68. The van der Waals surface area contributed by atoms with Gasteiger partial charge in [-0.05, 0) is 25.5 Å². The molecule has 5 heteroatoms. The van der Waals surface area contributed by atoms with Gasteiger partial charge in [0.2, 0.25) is 5.91 Å². The molecule has 0 spiro atoms. The lowest BCUT2D eigenvalue weighted by atomic mass is 10.2. The molecule has 1 amide bonds. The average molecular weight is 281 g/mol. The molecule has 104 valence electrons. The minimum Gasteiger partial charge on any atom is -0.478 e. The number of thioether (sulfide) groups is 1.